The van der Waals surface area contributed by atoms with Crippen LogP contribution < -0.4 is 0 Å². The lowest BCUT2D eigenvalue weighted by atomic mass is 9.95. The lowest BCUT2D eigenvalue weighted by Gasteiger charge is -2.12. The van der Waals surface area contributed by atoms with Crippen molar-refractivity contribution in [3.05, 3.63) is 70.5 Å². The summed E-state index contributed by atoms with van der Waals surface area (Å²) in [5.41, 5.74) is 5.93. The molecule has 1 unspecified atom stereocenters. The third kappa shape index (κ3) is 3.59. The van der Waals surface area contributed by atoms with Crippen LogP contribution in [-0.4, -0.2) is 8.76 Å². The van der Waals surface area contributed by atoms with Crippen LogP contribution in [0.1, 0.15) is 41.5 Å². The number of halogens is 1. The van der Waals surface area contributed by atoms with Crippen molar-refractivity contribution >= 4 is 22.2 Å². The fraction of sp³-hybridized carbons (Fsp3) is 0.263. The lowest BCUT2D eigenvalue weighted by molar-refractivity contribution is 0.533. The number of aryl methyl sites for hydroxylation is 1. The molecule has 0 saturated heterocycles. The molecule has 4 heteroatoms. The van der Waals surface area contributed by atoms with Gasteiger partial charge in [-0.25, -0.2) is 4.39 Å². The van der Waals surface area contributed by atoms with Gasteiger partial charge < -0.3 is 4.55 Å². The van der Waals surface area contributed by atoms with E-state index in [0.29, 0.717) is 0 Å². The van der Waals surface area contributed by atoms with Crippen molar-refractivity contribution in [2.24, 2.45) is 0 Å². The predicted octanol–water partition coefficient (Wildman–Crippen LogP) is 4.61. The summed E-state index contributed by atoms with van der Waals surface area (Å²) in [5.74, 6) is -0.731. The van der Waals surface area contributed by atoms with E-state index in [1.54, 1.807) is 6.07 Å². The lowest BCUT2D eigenvalue weighted by Crippen LogP contribution is -1.98. The minimum Gasteiger partial charge on any atom is -0.772 e. The van der Waals surface area contributed by atoms with E-state index < -0.39 is 16.9 Å². The second-order valence-corrected chi connectivity index (χ2v) is 6.83. The smallest absolute Gasteiger partial charge is 0.127 e. The largest absolute Gasteiger partial charge is 0.772 e. The van der Waals surface area contributed by atoms with E-state index in [1.807, 2.05) is 12.1 Å². The predicted molar refractivity (Wildman–Crippen MR) is 90.9 cm³/mol. The van der Waals surface area contributed by atoms with Gasteiger partial charge in [-0.15, -0.1) is 0 Å². The normalized spacial score (nSPS) is 16.0. The zero-order valence-corrected chi connectivity index (χ0v) is 13.8. The van der Waals surface area contributed by atoms with Crippen LogP contribution >= 0.6 is 0 Å². The van der Waals surface area contributed by atoms with E-state index in [4.69, 9.17) is 0 Å². The molecule has 0 aromatic heterocycles. The highest BCUT2D eigenvalue weighted by molar-refractivity contribution is 7.78. The molecule has 0 N–H and O–H groups in total. The van der Waals surface area contributed by atoms with Gasteiger partial charge in [0.25, 0.3) is 0 Å². The van der Waals surface area contributed by atoms with Gasteiger partial charge in [-0.05, 0) is 60.1 Å². The maximum Gasteiger partial charge on any atom is 0.127 e. The first-order chi connectivity index (χ1) is 11.0. The quantitative estimate of drug-likeness (QED) is 0.769. The van der Waals surface area contributed by atoms with Gasteiger partial charge >= 0.3 is 0 Å². The molecule has 1 atom stereocenters. The van der Waals surface area contributed by atoms with E-state index in [2.05, 4.69) is 25.1 Å². The highest BCUT2D eigenvalue weighted by Gasteiger charge is 2.18. The summed E-state index contributed by atoms with van der Waals surface area (Å²) < 4.78 is 35.7. The van der Waals surface area contributed by atoms with Crippen LogP contribution in [0, 0.1) is 12.7 Å². The molecule has 23 heavy (non-hydrogen) atoms. The van der Waals surface area contributed by atoms with E-state index in [1.165, 1.54) is 28.3 Å². The maximum absolute atomic E-state index is 14.2. The summed E-state index contributed by atoms with van der Waals surface area (Å²) in [5, 5.41) is 0. The second kappa shape index (κ2) is 6.77. The third-order valence-electron chi connectivity index (χ3n) is 4.26. The van der Waals surface area contributed by atoms with Crippen molar-refractivity contribution in [3.8, 4) is 0 Å². The van der Waals surface area contributed by atoms with Crippen LogP contribution in [0.25, 0.3) is 11.1 Å². The summed E-state index contributed by atoms with van der Waals surface area (Å²) in [6.07, 6.45) is 2.98. The number of hydrogen-bond acceptors (Lipinski definition) is 2. The number of hydrogen-bond donors (Lipinski definition) is 0. The number of allylic oxidation sites excluding steroid dienone is 2. The number of rotatable bonds is 4. The minimum atomic E-state index is -2.28. The molecule has 0 bridgehead atoms. The zero-order chi connectivity index (χ0) is 16.4. The Balaban J connectivity index is 2.00. The van der Waals surface area contributed by atoms with Gasteiger partial charge in [0.15, 0.2) is 0 Å². The molecule has 1 aliphatic rings. The maximum atomic E-state index is 14.2. The molecule has 2 aromatic rings. The van der Waals surface area contributed by atoms with Crippen LogP contribution in [-0.2, 0) is 16.8 Å². The van der Waals surface area contributed by atoms with Crippen LogP contribution in [0.4, 0.5) is 4.39 Å². The van der Waals surface area contributed by atoms with Crippen LogP contribution in [0.2, 0.25) is 0 Å². The van der Waals surface area contributed by atoms with Gasteiger partial charge in [0.05, 0.1) is 0 Å². The topological polar surface area (TPSA) is 40.1 Å². The van der Waals surface area contributed by atoms with E-state index in [0.717, 1.165) is 24.8 Å². The Morgan fingerprint density at radius 2 is 1.78 bits per heavy atom. The molecule has 0 saturated carbocycles. The van der Waals surface area contributed by atoms with Gasteiger partial charge in [0.1, 0.15) is 5.82 Å². The van der Waals surface area contributed by atoms with Gasteiger partial charge in [-0.2, -0.15) is 0 Å². The molecular formula is C19H18FO2S-. The Bertz CT molecular complexity index is 796. The summed E-state index contributed by atoms with van der Waals surface area (Å²) in [6.45, 7) is 2.07. The fourth-order valence-corrected chi connectivity index (χ4v) is 3.68. The Labute approximate surface area is 138 Å². The molecule has 3 rings (SSSR count). The van der Waals surface area contributed by atoms with Crippen molar-refractivity contribution in [2.45, 2.75) is 31.9 Å². The molecule has 0 fully saturated rings. The SMILES string of the molecule is Cc1cccc(C2=C(c3ccc(CS(=O)[O-])c(F)c3)CCC2)c1. The van der Waals surface area contributed by atoms with Crippen molar-refractivity contribution in [3.63, 3.8) is 0 Å². The molecule has 0 spiro atoms. The van der Waals surface area contributed by atoms with Gasteiger partial charge in [0, 0.05) is 5.75 Å². The van der Waals surface area contributed by atoms with Crippen molar-refractivity contribution < 1.29 is 13.2 Å². The molecule has 0 amide bonds. The first kappa shape index (κ1) is 16.1. The number of benzene rings is 2. The monoisotopic (exact) mass is 329 g/mol. The van der Waals surface area contributed by atoms with Gasteiger partial charge in [-0.1, -0.05) is 53.0 Å². The van der Waals surface area contributed by atoms with E-state index >= 15 is 0 Å². The minimum absolute atomic E-state index is 0.220. The van der Waals surface area contributed by atoms with Crippen molar-refractivity contribution in [2.75, 3.05) is 0 Å². The van der Waals surface area contributed by atoms with Crippen molar-refractivity contribution in [1.82, 2.24) is 0 Å². The first-order valence-corrected chi connectivity index (χ1v) is 8.93. The third-order valence-corrected chi connectivity index (χ3v) is 4.81. The highest BCUT2D eigenvalue weighted by atomic mass is 32.2. The fourth-order valence-electron chi connectivity index (χ4n) is 3.19. The molecule has 0 heterocycles. The second-order valence-electron chi connectivity index (χ2n) is 5.93. The van der Waals surface area contributed by atoms with Crippen LogP contribution in [0.3, 0.4) is 0 Å². The average molecular weight is 329 g/mol. The standard InChI is InChI=1S/C19H19FO2S/c1-13-4-2-5-14(10-13)17-6-3-7-18(17)15-8-9-16(12-23(21)22)19(20)11-15/h2,4-5,8-11H,3,6-7,12H2,1H3,(H,21,22)/p-1. The summed E-state index contributed by atoms with van der Waals surface area (Å²) in [7, 11) is 0. The summed E-state index contributed by atoms with van der Waals surface area (Å²) in [6, 6.07) is 13.3. The Morgan fingerprint density at radius 3 is 2.39 bits per heavy atom. The summed E-state index contributed by atoms with van der Waals surface area (Å²) >= 11 is -2.28. The van der Waals surface area contributed by atoms with Crippen molar-refractivity contribution in [1.29, 1.82) is 0 Å². The molecule has 2 aromatic carbocycles. The van der Waals surface area contributed by atoms with Crippen LogP contribution in [0.5, 0.6) is 0 Å². The first-order valence-electron chi connectivity index (χ1n) is 7.68. The summed E-state index contributed by atoms with van der Waals surface area (Å²) in [4.78, 5) is 0. The van der Waals surface area contributed by atoms with E-state index in [9.17, 15) is 13.2 Å². The van der Waals surface area contributed by atoms with Crippen LogP contribution in [0.15, 0.2) is 42.5 Å². The molecule has 0 radical (unpaired) electrons. The van der Waals surface area contributed by atoms with Gasteiger partial charge in [0.2, 0.25) is 0 Å². The molecule has 120 valence electrons. The van der Waals surface area contributed by atoms with Gasteiger partial charge in [-0.3, -0.25) is 4.21 Å². The Kier molecular flexibility index (Phi) is 4.74. The Hall–Kier alpha value is -1.78. The molecule has 0 aliphatic heterocycles. The molecule has 1 aliphatic carbocycles. The Morgan fingerprint density at radius 1 is 1.09 bits per heavy atom. The van der Waals surface area contributed by atoms with E-state index in [-0.39, 0.29) is 11.3 Å². The zero-order valence-electron chi connectivity index (χ0n) is 13.0. The molecule has 2 nitrogen and oxygen atoms in total. The highest BCUT2D eigenvalue weighted by Crippen LogP contribution is 2.40. The molecular weight excluding hydrogens is 311 g/mol. The average Bonchev–Trinajstić information content (AvgIpc) is 2.98.